The molecule has 0 aliphatic heterocycles. The van der Waals surface area contributed by atoms with Crippen molar-refractivity contribution in [1.29, 1.82) is 0 Å². The van der Waals surface area contributed by atoms with Gasteiger partial charge in [0.25, 0.3) is 5.91 Å². The van der Waals surface area contributed by atoms with Crippen LogP contribution >= 0.6 is 0 Å². The number of nitrogens with zero attached hydrogens (tertiary/aromatic N) is 1. The van der Waals surface area contributed by atoms with Crippen LogP contribution in [0, 0.1) is 0 Å². The average Bonchev–Trinajstić information content (AvgIpc) is 2.78. The average molecular weight is 232 g/mol. The number of aromatic nitrogens is 1. The van der Waals surface area contributed by atoms with Crippen LogP contribution in [0.5, 0.6) is 0 Å². The Morgan fingerprint density at radius 1 is 1.65 bits per heavy atom. The van der Waals surface area contributed by atoms with Gasteiger partial charge in [-0.25, -0.2) is 0 Å². The van der Waals surface area contributed by atoms with Gasteiger partial charge in [0.2, 0.25) is 5.76 Å². The van der Waals surface area contributed by atoms with Crippen molar-refractivity contribution in [2.24, 2.45) is 0 Å². The molecule has 0 saturated heterocycles. The Morgan fingerprint density at radius 3 is 3.00 bits per heavy atom. The van der Waals surface area contributed by atoms with Crippen LogP contribution in [0.2, 0.25) is 0 Å². The molecule has 4 heteroatoms. The van der Waals surface area contributed by atoms with E-state index in [1.807, 2.05) is 26.0 Å². The second kappa shape index (κ2) is 6.48. The summed E-state index contributed by atoms with van der Waals surface area (Å²) in [7, 11) is 0. The maximum absolute atomic E-state index is 11.5. The molecule has 0 bridgehead atoms. The molecule has 90 valence electrons. The van der Waals surface area contributed by atoms with E-state index in [0.29, 0.717) is 12.2 Å². The lowest BCUT2D eigenvalue weighted by molar-refractivity contribution is 0.0919. The predicted octanol–water partition coefficient (Wildman–Crippen LogP) is 2.57. The van der Waals surface area contributed by atoms with Gasteiger partial charge in [-0.15, -0.1) is 0 Å². The molecular weight excluding hydrogens is 216 g/mol. The van der Waals surface area contributed by atoms with E-state index in [-0.39, 0.29) is 11.7 Å². The Labute approximate surface area is 101 Å². The third-order valence-electron chi connectivity index (χ3n) is 2.01. The Balaban J connectivity index is 2.96. The molecule has 1 heterocycles. The minimum atomic E-state index is -0.260. The molecule has 1 amide bonds. The zero-order chi connectivity index (χ0) is 12.7. The summed E-state index contributed by atoms with van der Waals surface area (Å²) in [6.45, 7) is 7.94. The first-order valence-corrected chi connectivity index (χ1v) is 5.43. The second-order valence-electron chi connectivity index (χ2n) is 3.29. The van der Waals surface area contributed by atoms with Crippen molar-refractivity contribution in [2.75, 3.05) is 6.54 Å². The molecule has 1 N–H and O–H groups in total. The van der Waals surface area contributed by atoms with Crippen LogP contribution in [0.15, 0.2) is 41.5 Å². The third-order valence-corrected chi connectivity index (χ3v) is 2.01. The largest absolute Gasteiger partial charge is 0.350 e. The van der Waals surface area contributed by atoms with Gasteiger partial charge in [0.15, 0.2) is 0 Å². The van der Waals surface area contributed by atoms with Crippen molar-refractivity contribution >= 4 is 11.5 Å². The highest BCUT2D eigenvalue weighted by molar-refractivity contribution is 5.92. The molecule has 0 aliphatic carbocycles. The molecule has 0 aromatic carbocycles. The SMILES string of the molecule is C=C/C=C(\C=C/C)c1cc(C(=O)NCC)on1. The van der Waals surface area contributed by atoms with Crippen LogP contribution < -0.4 is 5.32 Å². The molecule has 17 heavy (non-hydrogen) atoms. The van der Waals surface area contributed by atoms with Gasteiger partial charge < -0.3 is 9.84 Å². The van der Waals surface area contributed by atoms with Crippen LogP contribution in [-0.2, 0) is 0 Å². The lowest BCUT2D eigenvalue weighted by Crippen LogP contribution is -2.21. The highest BCUT2D eigenvalue weighted by Gasteiger charge is 2.12. The zero-order valence-corrected chi connectivity index (χ0v) is 10.1. The maximum Gasteiger partial charge on any atom is 0.289 e. The number of hydrogen-bond acceptors (Lipinski definition) is 3. The van der Waals surface area contributed by atoms with Gasteiger partial charge in [-0.2, -0.15) is 0 Å². The summed E-state index contributed by atoms with van der Waals surface area (Å²) in [6, 6.07) is 1.61. The van der Waals surface area contributed by atoms with E-state index in [0.717, 1.165) is 5.57 Å². The first-order valence-electron chi connectivity index (χ1n) is 5.43. The fourth-order valence-electron chi connectivity index (χ4n) is 1.30. The molecule has 0 spiro atoms. The lowest BCUT2D eigenvalue weighted by atomic mass is 10.1. The summed E-state index contributed by atoms with van der Waals surface area (Å²) >= 11 is 0. The van der Waals surface area contributed by atoms with Gasteiger partial charge in [0, 0.05) is 18.2 Å². The summed E-state index contributed by atoms with van der Waals surface area (Å²) in [5.41, 5.74) is 1.46. The van der Waals surface area contributed by atoms with Crippen molar-refractivity contribution in [3.63, 3.8) is 0 Å². The topological polar surface area (TPSA) is 55.1 Å². The summed E-state index contributed by atoms with van der Waals surface area (Å²) in [4.78, 5) is 11.5. The molecule has 4 nitrogen and oxygen atoms in total. The Kier molecular flexibility index (Phi) is 4.94. The van der Waals surface area contributed by atoms with Crippen LogP contribution in [0.25, 0.3) is 5.57 Å². The monoisotopic (exact) mass is 232 g/mol. The minimum Gasteiger partial charge on any atom is -0.350 e. The molecule has 1 aromatic heterocycles. The van der Waals surface area contributed by atoms with E-state index in [4.69, 9.17) is 4.52 Å². The fourth-order valence-corrected chi connectivity index (χ4v) is 1.30. The number of carbonyl (C=O) groups is 1. The normalized spacial score (nSPS) is 11.8. The predicted molar refractivity (Wildman–Crippen MR) is 67.5 cm³/mol. The zero-order valence-electron chi connectivity index (χ0n) is 10.1. The number of allylic oxidation sites excluding steroid dienone is 5. The van der Waals surface area contributed by atoms with E-state index < -0.39 is 0 Å². The van der Waals surface area contributed by atoms with Crippen molar-refractivity contribution < 1.29 is 9.32 Å². The highest BCUT2D eigenvalue weighted by Crippen LogP contribution is 2.16. The minimum absolute atomic E-state index is 0.210. The molecule has 0 atom stereocenters. The third kappa shape index (κ3) is 3.45. The van der Waals surface area contributed by atoms with Crippen LogP contribution in [0.1, 0.15) is 30.1 Å². The Morgan fingerprint density at radius 2 is 2.41 bits per heavy atom. The van der Waals surface area contributed by atoms with Gasteiger partial charge in [-0.05, 0) is 13.8 Å². The van der Waals surface area contributed by atoms with E-state index >= 15 is 0 Å². The van der Waals surface area contributed by atoms with E-state index in [2.05, 4.69) is 17.1 Å². The van der Waals surface area contributed by atoms with Gasteiger partial charge in [-0.1, -0.05) is 36.0 Å². The van der Waals surface area contributed by atoms with Crippen molar-refractivity contribution in [3.05, 3.63) is 48.4 Å². The first-order chi connectivity index (χ1) is 8.22. The molecule has 0 saturated carbocycles. The summed E-state index contributed by atoms with van der Waals surface area (Å²) in [5.74, 6) is -0.0500. The molecule has 0 fully saturated rings. The molecule has 1 aromatic rings. The van der Waals surface area contributed by atoms with Crippen molar-refractivity contribution in [2.45, 2.75) is 13.8 Å². The number of carbonyl (C=O) groups excluding carboxylic acids is 1. The Hall–Kier alpha value is -2.10. The standard InChI is InChI=1S/C13H16N2O2/c1-4-7-10(8-5-2)11-9-12(17-15-11)13(16)14-6-3/h4-5,7-9H,1,6H2,2-3H3,(H,14,16)/b8-5-,10-7+. The summed E-state index contributed by atoms with van der Waals surface area (Å²) in [6.07, 6.45) is 7.23. The van der Waals surface area contributed by atoms with Gasteiger partial charge in [0.1, 0.15) is 5.69 Å². The maximum atomic E-state index is 11.5. The molecule has 0 unspecified atom stereocenters. The smallest absolute Gasteiger partial charge is 0.289 e. The van der Waals surface area contributed by atoms with E-state index in [1.165, 1.54) is 0 Å². The molecule has 0 aliphatic rings. The number of rotatable bonds is 5. The van der Waals surface area contributed by atoms with Crippen LogP contribution in [0.3, 0.4) is 0 Å². The van der Waals surface area contributed by atoms with E-state index in [9.17, 15) is 4.79 Å². The molecule has 1 rings (SSSR count). The van der Waals surface area contributed by atoms with Gasteiger partial charge in [-0.3, -0.25) is 4.79 Å². The van der Waals surface area contributed by atoms with Gasteiger partial charge in [0.05, 0.1) is 0 Å². The number of hydrogen-bond donors (Lipinski definition) is 1. The molecular formula is C13H16N2O2. The summed E-state index contributed by atoms with van der Waals surface area (Å²) in [5, 5.41) is 6.50. The van der Waals surface area contributed by atoms with E-state index in [1.54, 1.807) is 18.2 Å². The Bertz CT molecular complexity index is 456. The van der Waals surface area contributed by atoms with Crippen molar-refractivity contribution in [1.82, 2.24) is 10.5 Å². The second-order valence-corrected chi connectivity index (χ2v) is 3.29. The summed E-state index contributed by atoms with van der Waals surface area (Å²) < 4.78 is 4.98. The number of amides is 1. The molecule has 0 radical (unpaired) electrons. The van der Waals surface area contributed by atoms with Gasteiger partial charge >= 0.3 is 0 Å². The van der Waals surface area contributed by atoms with Crippen LogP contribution in [-0.4, -0.2) is 17.6 Å². The fraction of sp³-hybridized carbons (Fsp3) is 0.231. The van der Waals surface area contributed by atoms with Crippen LogP contribution in [0.4, 0.5) is 0 Å². The lowest BCUT2D eigenvalue weighted by Gasteiger charge is -1.94. The van der Waals surface area contributed by atoms with Crippen molar-refractivity contribution in [3.8, 4) is 0 Å². The number of nitrogens with one attached hydrogen (secondary N) is 1. The first kappa shape index (κ1) is 13.0. The highest BCUT2D eigenvalue weighted by atomic mass is 16.5. The quantitative estimate of drug-likeness (QED) is 0.794.